The lowest BCUT2D eigenvalue weighted by molar-refractivity contribution is 0.436. The number of nitrogens with zero attached hydrogens (tertiary/aromatic N) is 3. The van der Waals surface area contributed by atoms with E-state index in [0.29, 0.717) is 12.6 Å². The van der Waals surface area contributed by atoms with Crippen LogP contribution in [0.1, 0.15) is 33.1 Å². The van der Waals surface area contributed by atoms with E-state index in [1.165, 1.54) is 12.8 Å². The maximum Gasteiger partial charge on any atom is 0.134 e. The predicted octanol–water partition coefficient (Wildman–Crippen LogP) is 1.86. The minimum Gasteiger partial charge on any atom is -0.367 e. The van der Waals surface area contributed by atoms with Gasteiger partial charge in [-0.15, -0.1) is 0 Å². The van der Waals surface area contributed by atoms with Gasteiger partial charge in [-0.1, -0.05) is 6.92 Å². The van der Waals surface area contributed by atoms with Crippen LogP contribution in [-0.2, 0) is 0 Å². The van der Waals surface area contributed by atoms with Crippen molar-refractivity contribution in [2.75, 3.05) is 29.9 Å². The van der Waals surface area contributed by atoms with Gasteiger partial charge in [0.2, 0.25) is 0 Å². The van der Waals surface area contributed by atoms with Crippen molar-refractivity contribution in [3.05, 3.63) is 12.4 Å². The van der Waals surface area contributed by atoms with Crippen molar-refractivity contribution in [3.63, 3.8) is 0 Å². The molecular formula is C14H25N5. The molecule has 5 nitrogen and oxygen atoms in total. The van der Waals surface area contributed by atoms with Crippen LogP contribution < -0.4 is 16.0 Å². The molecule has 19 heavy (non-hydrogen) atoms. The zero-order chi connectivity index (χ0) is 13.7. The van der Waals surface area contributed by atoms with E-state index in [2.05, 4.69) is 34.0 Å². The molecule has 2 rings (SSSR count). The number of hydrogen-bond donors (Lipinski definition) is 2. The van der Waals surface area contributed by atoms with Gasteiger partial charge in [-0.05, 0) is 38.6 Å². The van der Waals surface area contributed by atoms with Gasteiger partial charge >= 0.3 is 0 Å². The first-order valence-corrected chi connectivity index (χ1v) is 7.22. The van der Waals surface area contributed by atoms with Crippen molar-refractivity contribution < 1.29 is 0 Å². The fourth-order valence-electron chi connectivity index (χ4n) is 2.41. The van der Waals surface area contributed by atoms with Gasteiger partial charge in [0.15, 0.2) is 0 Å². The van der Waals surface area contributed by atoms with Crippen LogP contribution in [0.2, 0.25) is 0 Å². The Morgan fingerprint density at radius 3 is 2.84 bits per heavy atom. The zero-order valence-electron chi connectivity index (χ0n) is 12.0. The average molecular weight is 263 g/mol. The third-order valence-corrected chi connectivity index (χ3v) is 3.75. The molecule has 1 atom stereocenters. The Morgan fingerprint density at radius 1 is 1.42 bits per heavy atom. The third-order valence-electron chi connectivity index (χ3n) is 3.75. The second kappa shape index (κ2) is 6.70. The fourth-order valence-corrected chi connectivity index (χ4v) is 2.41. The third kappa shape index (κ3) is 4.06. The van der Waals surface area contributed by atoms with Crippen LogP contribution >= 0.6 is 0 Å². The van der Waals surface area contributed by atoms with Crippen molar-refractivity contribution in [2.45, 2.75) is 39.2 Å². The molecule has 1 saturated heterocycles. The lowest BCUT2D eigenvalue weighted by Crippen LogP contribution is -2.33. The van der Waals surface area contributed by atoms with Crippen molar-refractivity contribution in [1.29, 1.82) is 0 Å². The highest BCUT2D eigenvalue weighted by Crippen LogP contribution is 2.22. The average Bonchev–Trinajstić information content (AvgIpc) is 2.40. The quantitative estimate of drug-likeness (QED) is 0.849. The first-order valence-electron chi connectivity index (χ1n) is 7.22. The highest BCUT2D eigenvalue weighted by molar-refractivity contribution is 5.49. The molecule has 0 aromatic carbocycles. The van der Waals surface area contributed by atoms with Crippen molar-refractivity contribution in [2.24, 2.45) is 11.7 Å². The van der Waals surface area contributed by atoms with Gasteiger partial charge in [0.1, 0.15) is 18.0 Å². The molecule has 0 aliphatic carbocycles. The molecule has 1 aromatic rings. The summed E-state index contributed by atoms with van der Waals surface area (Å²) in [7, 11) is 0. The first-order chi connectivity index (χ1) is 9.19. The Hall–Kier alpha value is -1.36. The van der Waals surface area contributed by atoms with Crippen LogP contribution in [0.25, 0.3) is 0 Å². The van der Waals surface area contributed by atoms with Gasteiger partial charge in [0.25, 0.3) is 0 Å². The van der Waals surface area contributed by atoms with Gasteiger partial charge < -0.3 is 16.0 Å². The van der Waals surface area contributed by atoms with Crippen molar-refractivity contribution in [1.82, 2.24) is 9.97 Å². The van der Waals surface area contributed by atoms with Crippen LogP contribution in [-0.4, -0.2) is 35.6 Å². The minimum absolute atomic E-state index is 0.342. The van der Waals surface area contributed by atoms with E-state index < -0.39 is 0 Å². The molecule has 0 radical (unpaired) electrons. The fraction of sp³-hybridized carbons (Fsp3) is 0.714. The summed E-state index contributed by atoms with van der Waals surface area (Å²) in [5.74, 6) is 2.76. The van der Waals surface area contributed by atoms with Gasteiger partial charge in [-0.3, -0.25) is 0 Å². The summed E-state index contributed by atoms with van der Waals surface area (Å²) in [6.45, 7) is 7.32. The molecule has 0 spiro atoms. The molecule has 1 fully saturated rings. The Morgan fingerprint density at radius 2 is 2.16 bits per heavy atom. The minimum atomic E-state index is 0.342. The second-order valence-corrected chi connectivity index (χ2v) is 5.55. The molecule has 5 heteroatoms. The first kappa shape index (κ1) is 14.1. The van der Waals surface area contributed by atoms with Crippen molar-refractivity contribution >= 4 is 11.6 Å². The number of piperidine rings is 1. The van der Waals surface area contributed by atoms with E-state index >= 15 is 0 Å². The summed E-state index contributed by atoms with van der Waals surface area (Å²) < 4.78 is 0. The highest BCUT2D eigenvalue weighted by Gasteiger charge is 2.17. The molecule has 0 amide bonds. The summed E-state index contributed by atoms with van der Waals surface area (Å²) in [5.41, 5.74) is 5.56. The SMILES string of the molecule is CC1CCN(c2cc(NC(C)CCN)ncn2)CC1. The molecule has 1 unspecified atom stereocenters. The predicted molar refractivity (Wildman–Crippen MR) is 79.4 cm³/mol. The molecule has 0 bridgehead atoms. The Bertz CT molecular complexity index is 387. The topological polar surface area (TPSA) is 67.1 Å². The van der Waals surface area contributed by atoms with E-state index in [4.69, 9.17) is 5.73 Å². The van der Waals surface area contributed by atoms with Crippen LogP contribution in [0.4, 0.5) is 11.6 Å². The summed E-state index contributed by atoms with van der Waals surface area (Å²) >= 11 is 0. The Labute approximate surface area is 115 Å². The standard InChI is InChI=1S/C14H25N5/c1-11-4-7-19(8-5-11)14-9-13(16-10-17-14)18-12(2)3-6-15/h9-12H,3-8,15H2,1-2H3,(H,16,17,18). The van der Waals surface area contributed by atoms with E-state index in [0.717, 1.165) is 37.1 Å². The number of rotatable bonds is 5. The van der Waals surface area contributed by atoms with Crippen LogP contribution in [0.5, 0.6) is 0 Å². The van der Waals surface area contributed by atoms with Crippen LogP contribution in [0.15, 0.2) is 12.4 Å². The Balaban J connectivity index is 1.98. The highest BCUT2D eigenvalue weighted by atomic mass is 15.2. The number of hydrogen-bond acceptors (Lipinski definition) is 5. The smallest absolute Gasteiger partial charge is 0.134 e. The lowest BCUT2D eigenvalue weighted by Gasteiger charge is -2.31. The monoisotopic (exact) mass is 263 g/mol. The molecule has 1 aliphatic heterocycles. The number of anilines is 2. The maximum absolute atomic E-state index is 5.56. The summed E-state index contributed by atoms with van der Waals surface area (Å²) in [6, 6.07) is 2.39. The molecule has 106 valence electrons. The molecular weight excluding hydrogens is 238 g/mol. The lowest BCUT2D eigenvalue weighted by atomic mass is 9.99. The van der Waals surface area contributed by atoms with Gasteiger partial charge in [0.05, 0.1) is 0 Å². The Kier molecular flexibility index (Phi) is 4.96. The molecule has 0 saturated carbocycles. The number of nitrogens with one attached hydrogen (secondary N) is 1. The molecule has 1 aliphatic rings. The van der Waals surface area contributed by atoms with Crippen LogP contribution in [0.3, 0.4) is 0 Å². The van der Waals surface area contributed by atoms with Gasteiger partial charge in [-0.25, -0.2) is 9.97 Å². The summed E-state index contributed by atoms with van der Waals surface area (Å²) in [4.78, 5) is 11.0. The maximum atomic E-state index is 5.56. The number of nitrogens with two attached hydrogens (primary N) is 1. The van der Waals surface area contributed by atoms with Crippen LogP contribution in [0, 0.1) is 5.92 Å². The van der Waals surface area contributed by atoms with Gasteiger partial charge in [0, 0.05) is 25.2 Å². The van der Waals surface area contributed by atoms with E-state index in [9.17, 15) is 0 Å². The van der Waals surface area contributed by atoms with Gasteiger partial charge in [-0.2, -0.15) is 0 Å². The zero-order valence-corrected chi connectivity index (χ0v) is 12.0. The second-order valence-electron chi connectivity index (χ2n) is 5.55. The molecule has 3 N–H and O–H groups in total. The summed E-state index contributed by atoms with van der Waals surface area (Å²) in [6.07, 6.45) is 5.08. The molecule has 2 heterocycles. The van der Waals surface area contributed by atoms with Crippen molar-refractivity contribution in [3.8, 4) is 0 Å². The van der Waals surface area contributed by atoms with E-state index in [1.807, 2.05) is 6.07 Å². The number of aromatic nitrogens is 2. The normalized spacial score (nSPS) is 18.4. The van der Waals surface area contributed by atoms with E-state index in [-0.39, 0.29) is 0 Å². The largest absolute Gasteiger partial charge is 0.367 e. The molecule has 1 aromatic heterocycles. The summed E-state index contributed by atoms with van der Waals surface area (Å²) in [5, 5.41) is 3.37. The van der Waals surface area contributed by atoms with E-state index in [1.54, 1.807) is 6.33 Å².